The fraction of sp³-hybridized carbons (Fsp3) is 0.158. The summed E-state index contributed by atoms with van der Waals surface area (Å²) in [4.78, 5) is 16.4. The molecule has 0 radical (unpaired) electrons. The van der Waals surface area contributed by atoms with E-state index in [-0.39, 0.29) is 11.6 Å². The number of carbonyl (C=O) groups excluding carboxylic acids is 1. The molecule has 1 aliphatic rings. The van der Waals surface area contributed by atoms with Gasteiger partial charge in [0.1, 0.15) is 0 Å². The Bertz CT molecular complexity index is 873. The summed E-state index contributed by atoms with van der Waals surface area (Å²) in [5.41, 5.74) is 1.61. The van der Waals surface area contributed by atoms with Crippen LogP contribution in [-0.4, -0.2) is 25.6 Å². The molecule has 5 nitrogen and oxygen atoms in total. The van der Waals surface area contributed by atoms with Crippen LogP contribution in [0.1, 0.15) is 18.1 Å². The number of esters is 1. The van der Waals surface area contributed by atoms with Crippen LogP contribution in [0, 0.1) is 0 Å². The molecule has 0 spiro atoms. The summed E-state index contributed by atoms with van der Waals surface area (Å²) in [5, 5.41) is 0.546. The third kappa shape index (κ3) is 3.83. The number of benzene rings is 2. The molecule has 0 fully saturated rings. The molecule has 128 valence electrons. The van der Waals surface area contributed by atoms with E-state index in [4.69, 9.17) is 25.8 Å². The smallest absolute Gasteiger partial charge is 0.363 e. The van der Waals surface area contributed by atoms with Crippen molar-refractivity contribution in [3.8, 4) is 11.5 Å². The third-order valence-electron chi connectivity index (χ3n) is 3.48. The topological polar surface area (TPSA) is 57.1 Å². The Kier molecular flexibility index (Phi) is 5.05. The molecule has 0 amide bonds. The highest BCUT2D eigenvalue weighted by Crippen LogP contribution is 2.29. The number of methoxy groups -OCH3 is 1. The predicted octanol–water partition coefficient (Wildman–Crippen LogP) is 4.09. The molecule has 25 heavy (non-hydrogen) atoms. The molecule has 0 atom stereocenters. The summed E-state index contributed by atoms with van der Waals surface area (Å²) in [6.45, 7) is 2.40. The molecular weight excluding hydrogens is 342 g/mol. The minimum atomic E-state index is -0.510. The fourth-order valence-corrected chi connectivity index (χ4v) is 2.55. The highest BCUT2D eigenvalue weighted by atomic mass is 35.5. The highest BCUT2D eigenvalue weighted by molar-refractivity contribution is 6.31. The zero-order chi connectivity index (χ0) is 17.8. The zero-order valence-corrected chi connectivity index (χ0v) is 14.5. The van der Waals surface area contributed by atoms with Crippen LogP contribution in [0.3, 0.4) is 0 Å². The number of halogens is 1. The van der Waals surface area contributed by atoms with E-state index >= 15 is 0 Å². The second-order valence-corrected chi connectivity index (χ2v) is 5.63. The van der Waals surface area contributed by atoms with Crippen molar-refractivity contribution in [2.24, 2.45) is 4.99 Å². The predicted molar refractivity (Wildman–Crippen MR) is 96.2 cm³/mol. The van der Waals surface area contributed by atoms with Gasteiger partial charge in [0.15, 0.2) is 17.2 Å². The average molecular weight is 358 g/mol. The Hall–Kier alpha value is -2.79. The van der Waals surface area contributed by atoms with E-state index in [2.05, 4.69) is 4.99 Å². The molecule has 0 saturated carbocycles. The maximum Gasteiger partial charge on any atom is 0.363 e. The van der Waals surface area contributed by atoms with Crippen molar-refractivity contribution in [3.05, 3.63) is 64.3 Å². The van der Waals surface area contributed by atoms with Gasteiger partial charge in [-0.3, -0.25) is 0 Å². The molecule has 3 rings (SSSR count). The summed E-state index contributed by atoms with van der Waals surface area (Å²) >= 11 is 5.97. The van der Waals surface area contributed by atoms with E-state index in [1.54, 1.807) is 49.6 Å². The van der Waals surface area contributed by atoms with E-state index in [1.807, 2.05) is 13.0 Å². The van der Waals surface area contributed by atoms with Crippen LogP contribution < -0.4 is 9.47 Å². The Balaban J connectivity index is 1.93. The molecular formula is C19H16ClNO4. The molecule has 0 unspecified atom stereocenters. The highest BCUT2D eigenvalue weighted by Gasteiger charge is 2.24. The van der Waals surface area contributed by atoms with E-state index in [1.165, 1.54) is 0 Å². The first-order valence-electron chi connectivity index (χ1n) is 7.70. The number of hydrogen-bond acceptors (Lipinski definition) is 5. The van der Waals surface area contributed by atoms with Crippen molar-refractivity contribution in [2.75, 3.05) is 13.7 Å². The van der Waals surface area contributed by atoms with Gasteiger partial charge >= 0.3 is 5.97 Å². The van der Waals surface area contributed by atoms with Crippen LogP contribution in [0.4, 0.5) is 0 Å². The van der Waals surface area contributed by atoms with E-state index in [0.29, 0.717) is 28.7 Å². The molecule has 0 saturated heterocycles. The van der Waals surface area contributed by atoms with Gasteiger partial charge in [-0.2, -0.15) is 0 Å². The first-order chi connectivity index (χ1) is 12.1. The van der Waals surface area contributed by atoms with Crippen molar-refractivity contribution in [3.63, 3.8) is 0 Å². The van der Waals surface area contributed by atoms with Crippen molar-refractivity contribution in [1.29, 1.82) is 0 Å². The molecule has 0 bridgehead atoms. The number of ether oxygens (including phenoxy) is 3. The average Bonchev–Trinajstić information content (AvgIpc) is 2.96. The summed E-state index contributed by atoms with van der Waals surface area (Å²) in [6, 6.07) is 12.4. The van der Waals surface area contributed by atoms with Crippen molar-refractivity contribution in [2.45, 2.75) is 6.92 Å². The maximum absolute atomic E-state index is 12.1. The summed E-state index contributed by atoms with van der Waals surface area (Å²) in [7, 11) is 1.58. The number of rotatable bonds is 5. The van der Waals surface area contributed by atoms with Crippen LogP contribution in [0.15, 0.2) is 53.2 Å². The Morgan fingerprint density at radius 1 is 1.20 bits per heavy atom. The molecule has 2 aromatic rings. The number of hydrogen-bond donors (Lipinski definition) is 0. The van der Waals surface area contributed by atoms with Crippen LogP contribution in [0.5, 0.6) is 11.5 Å². The Morgan fingerprint density at radius 3 is 2.76 bits per heavy atom. The van der Waals surface area contributed by atoms with Crippen molar-refractivity contribution < 1.29 is 19.0 Å². The molecule has 2 aromatic carbocycles. The van der Waals surface area contributed by atoms with Gasteiger partial charge in [-0.1, -0.05) is 23.7 Å². The molecule has 1 aliphatic heterocycles. The normalized spacial score (nSPS) is 15.1. The molecule has 0 aliphatic carbocycles. The molecule has 6 heteroatoms. The minimum absolute atomic E-state index is 0.211. The SMILES string of the molecule is CCOc1cc(/C=C2/N=C(c3cccc(Cl)c3)OC2=O)ccc1OC. The number of cyclic esters (lactones) is 1. The lowest BCUT2D eigenvalue weighted by atomic mass is 10.1. The summed E-state index contributed by atoms with van der Waals surface area (Å²) in [5.74, 6) is 0.951. The van der Waals surface area contributed by atoms with Crippen LogP contribution >= 0.6 is 11.6 Å². The van der Waals surface area contributed by atoms with Crippen molar-refractivity contribution >= 4 is 29.5 Å². The lowest BCUT2D eigenvalue weighted by Gasteiger charge is -2.09. The quantitative estimate of drug-likeness (QED) is 0.597. The van der Waals surface area contributed by atoms with E-state index in [9.17, 15) is 4.79 Å². The molecule has 1 heterocycles. The standard InChI is InChI=1S/C19H16ClNO4/c1-3-24-17-10-12(7-8-16(17)23-2)9-15-19(22)25-18(21-15)13-5-4-6-14(20)11-13/h4-11H,3H2,1-2H3/b15-9+. The number of nitrogens with zero attached hydrogens (tertiary/aromatic N) is 1. The molecule has 0 aromatic heterocycles. The van der Waals surface area contributed by atoms with Gasteiger partial charge in [0.05, 0.1) is 13.7 Å². The third-order valence-corrected chi connectivity index (χ3v) is 3.72. The van der Waals surface area contributed by atoms with Gasteiger partial charge in [0.2, 0.25) is 5.90 Å². The summed E-state index contributed by atoms with van der Waals surface area (Å²) < 4.78 is 16.0. The van der Waals surface area contributed by atoms with Crippen molar-refractivity contribution in [1.82, 2.24) is 0 Å². The zero-order valence-electron chi connectivity index (χ0n) is 13.8. The minimum Gasteiger partial charge on any atom is -0.493 e. The van der Waals surface area contributed by atoms with Crippen LogP contribution in [0.25, 0.3) is 6.08 Å². The number of carbonyl (C=O) groups is 1. The maximum atomic E-state index is 12.1. The second-order valence-electron chi connectivity index (χ2n) is 5.19. The molecule has 0 N–H and O–H groups in total. The lowest BCUT2D eigenvalue weighted by molar-refractivity contribution is -0.129. The largest absolute Gasteiger partial charge is 0.493 e. The Morgan fingerprint density at radius 2 is 2.04 bits per heavy atom. The van der Waals surface area contributed by atoms with Gasteiger partial charge in [0.25, 0.3) is 0 Å². The van der Waals surface area contributed by atoms with Crippen LogP contribution in [0.2, 0.25) is 5.02 Å². The number of aliphatic imine (C=N–C) groups is 1. The summed E-state index contributed by atoms with van der Waals surface area (Å²) in [6.07, 6.45) is 1.64. The van der Waals surface area contributed by atoms with Gasteiger partial charge in [-0.25, -0.2) is 9.79 Å². The van der Waals surface area contributed by atoms with Gasteiger partial charge in [-0.05, 0) is 48.9 Å². The monoisotopic (exact) mass is 357 g/mol. The first-order valence-corrected chi connectivity index (χ1v) is 8.08. The van der Waals surface area contributed by atoms with E-state index in [0.717, 1.165) is 5.56 Å². The van der Waals surface area contributed by atoms with Gasteiger partial charge < -0.3 is 14.2 Å². The fourth-order valence-electron chi connectivity index (χ4n) is 2.36. The van der Waals surface area contributed by atoms with Gasteiger partial charge in [0, 0.05) is 10.6 Å². The van der Waals surface area contributed by atoms with Gasteiger partial charge in [-0.15, -0.1) is 0 Å². The Labute approximate surface area is 150 Å². The lowest BCUT2D eigenvalue weighted by Crippen LogP contribution is -2.05. The first kappa shape index (κ1) is 17.0. The second kappa shape index (κ2) is 7.40. The van der Waals surface area contributed by atoms with E-state index < -0.39 is 5.97 Å². The van der Waals surface area contributed by atoms with Crippen LogP contribution in [-0.2, 0) is 9.53 Å².